The third-order valence-electron chi connectivity index (χ3n) is 4.75. The van der Waals surface area contributed by atoms with Crippen molar-refractivity contribution in [3.8, 4) is 0 Å². The van der Waals surface area contributed by atoms with Crippen LogP contribution in [0.5, 0.6) is 0 Å². The molecule has 11 nitrogen and oxygen atoms in total. The molecule has 14 heteroatoms. The first kappa shape index (κ1) is 26.1. The topological polar surface area (TPSA) is 179 Å². The summed E-state index contributed by atoms with van der Waals surface area (Å²) in [5.41, 5.74) is 5.23. The number of hydrogen-bond acceptors (Lipinski definition) is 6. The fourth-order valence-electron chi connectivity index (χ4n) is 3.22. The van der Waals surface area contributed by atoms with E-state index in [1.807, 2.05) is 0 Å². The number of alkyl halides is 3. The molecule has 0 aromatic carbocycles. The molecule has 2 aliphatic heterocycles. The van der Waals surface area contributed by atoms with Crippen LogP contribution in [0.15, 0.2) is 0 Å². The molecule has 0 saturated carbocycles. The second-order valence-corrected chi connectivity index (χ2v) is 7.04. The average molecular weight is 454 g/mol. The Morgan fingerprint density at radius 3 is 2.19 bits per heavy atom. The fraction of sp³-hybridized carbons (Fsp3) is 0.706. The molecule has 0 bridgehead atoms. The highest BCUT2D eigenvalue weighted by Gasteiger charge is 2.39. The van der Waals surface area contributed by atoms with Gasteiger partial charge in [0, 0.05) is 13.0 Å². The Labute approximate surface area is 175 Å². The summed E-state index contributed by atoms with van der Waals surface area (Å²) in [5, 5.41) is 21.4. The van der Waals surface area contributed by atoms with Crippen molar-refractivity contribution in [3.05, 3.63) is 0 Å². The lowest BCUT2D eigenvalue weighted by molar-refractivity contribution is -0.192. The molecule has 0 aromatic heterocycles. The number of primary amides is 1. The molecule has 2 heterocycles. The average Bonchev–Trinajstić information content (AvgIpc) is 3.35. The zero-order chi connectivity index (χ0) is 23.8. The smallest absolute Gasteiger partial charge is 0.481 e. The van der Waals surface area contributed by atoms with Crippen molar-refractivity contribution in [2.75, 3.05) is 13.1 Å². The lowest BCUT2D eigenvalue weighted by atomic mass is 10.1. The summed E-state index contributed by atoms with van der Waals surface area (Å²) in [6.45, 7) is 1.30. The third-order valence-corrected chi connectivity index (χ3v) is 4.75. The summed E-state index contributed by atoms with van der Waals surface area (Å²) in [5.74, 6) is -5.15. The summed E-state index contributed by atoms with van der Waals surface area (Å²) in [6.07, 6.45) is -2.50. The summed E-state index contributed by atoms with van der Waals surface area (Å²) in [7, 11) is 0. The standard InChI is InChI=1S/C15H24N4O5.C2HF3O2/c16-13(22)9(5-6-12(20)21)18-14(23)11-4-2-8-19(11)15(24)10-3-1-7-17-10;3-2(4,5)1(6)7/h9-11,17H,1-8H2,(H2,16,22)(H,18,23)(H,20,21);(H,6,7)/t9-,10+,11-;/m0./s1. The maximum absolute atomic E-state index is 12.5. The molecule has 3 atom stereocenters. The van der Waals surface area contributed by atoms with Crippen LogP contribution in [0.2, 0.25) is 0 Å². The van der Waals surface area contributed by atoms with Gasteiger partial charge in [0.2, 0.25) is 17.7 Å². The molecule has 0 aliphatic carbocycles. The van der Waals surface area contributed by atoms with E-state index in [1.165, 1.54) is 0 Å². The van der Waals surface area contributed by atoms with Crippen molar-refractivity contribution in [1.82, 2.24) is 15.5 Å². The van der Waals surface area contributed by atoms with Gasteiger partial charge in [0.15, 0.2) is 0 Å². The monoisotopic (exact) mass is 454 g/mol. The van der Waals surface area contributed by atoms with Crippen molar-refractivity contribution in [1.29, 1.82) is 0 Å². The molecule has 0 unspecified atom stereocenters. The molecule has 0 radical (unpaired) electrons. The molecule has 6 N–H and O–H groups in total. The molecule has 2 rings (SSSR count). The van der Waals surface area contributed by atoms with Crippen LogP contribution in [-0.2, 0) is 24.0 Å². The SMILES string of the molecule is NC(=O)[C@H](CCC(=O)O)NC(=O)[C@@H]1CCCN1C(=O)[C@H]1CCCN1.O=C(O)C(F)(F)F. The highest BCUT2D eigenvalue weighted by molar-refractivity contribution is 5.93. The number of carbonyl (C=O) groups excluding carboxylic acids is 3. The van der Waals surface area contributed by atoms with E-state index in [0.717, 1.165) is 19.4 Å². The number of nitrogens with one attached hydrogen (secondary N) is 2. The van der Waals surface area contributed by atoms with Crippen molar-refractivity contribution < 1.29 is 47.4 Å². The van der Waals surface area contributed by atoms with Crippen molar-refractivity contribution >= 4 is 29.7 Å². The number of nitrogens with two attached hydrogens (primary N) is 1. The first-order valence-corrected chi connectivity index (χ1v) is 9.50. The molecule has 0 aromatic rings. The van der Waals surface area contributed by atoms with Gasteiger partial charge in [-0.3, -0.25) is 19.2 Å². The van der Waals surface area contributed by atoms with Gasteiger partial charge in [-0.2, -0.15) is 13.2 Å². The van der Waals surface area contributed by atoms with Crippen LogP contribution in [0.4, 0.5) is 13.2 Å². The summed E-state index contributed by atoms with van der Waals surface area (Å²) in [4.78, 5) is 57.5. The Balaban J connectivity index is 0.000000592. The minimum atomic E-state index is -5.08. The lowest BCUT2D eigenvalue weighted by Crippen LogP contribution is -2.54. The number of carboxylic acids is 2. The first-order valence-electron chi connectivity index (χ1n) is 9.50. The maximum atomic E-state index is 12.5. The second-order valence-electron chi connectivity index (χ2n) is 7.04. The highest BCUT2D eigenvalue weighted by Crippen LogP contribution is 2.21. The van der Waals surface area contributed by atoms with Crippen molar-refractivity contribution in [2.45, 2.75) is 62.8 Å². The Bertz CT molecular complexity index is 696. The molecule has 2 fully saturated rings. The zero-order valence-corrected chi connectivity index (χ0v) is 16.5. The zero-order valence-electron chi connectivity index (χ0n) is 16.5. The van der Waals surface area contributed by atoms with Crippen LogP contribution in [0.1, 0.15) is 38.5 Å². The van der Waals surface area contributed by atoms with Gasteiger partial charge in [0.1, 0.15) is 12.1 Å². The van der Waals surface area contributed by atoms with Crippen LogP contribution in [0.25, 0.3) is 0 Å². The predicted molar refractivity (Wildman–Crippen MR) is 97.4 cm³/mol. The van der Waals surface area contributed by atoms with Gasteiger partial charge in [-0.05, 0) is 38.6 Å². The highest BCUT2D eigenvalue weighted by atomic mass is 19.4. The second kappa shape index (κ2) is 11.5. The number of carboxylic acid groups (broad SMARTS) is 2. The molecule has 0 spiro atoms. The van der Waals surface area contributed by atoms with E-state index in [1.54, 1.807) is 4.90 Å². The van der Waals surface area contributed by atoms with E-state index >= 15 is 0 Å². The fourth-order valence-corrected chi connectivity index (χ4v) is 3.22. The lowest BCUT2D eigenvalue weighted by Gasteiger charge is -2.27. The molecule has 2 aliphatic rings. The minimum Gasteiger partial charge on any atom is -0.481 e. The van der Waals surface area contributed by atoms with Crippen molar-refractivity contribution in [2.24, 2.45) is 5.73 Å². The molecular formula is C17H25F3N4O7. The summed E-state index contributed by atoms with van der Waals surface area (Å²) >= 11 is 0. The molecule has 176 valence electrons. The van der Waals surface area contributed by atoms with Crippen molar-refractivity contribution in [3.63, 3.8) is 0 Å². The summed E-state index contributed by atoms with van der Waals surface area (Å²) < 4.78 is 31.7. The molecule has 31 heavy (non-hydrogen) atoms. The van der Waals surface area contributed by atoms with E-state index in [4.69, 9.17) is 20.7 Å². The number of aliphatic carboxylic acids is 2. The Morgan fingerprint density at radius 1 is 1.13 bits per heavy atom. The molecule has 3 amide bonds. The van der Waals surface area contributed by atoms with Crippen LogP contribution in [0, 0.1) is 0 Å². The summed E-state index contributed by atoms with van der Waals surface area (Å²) in [6, 6.07) is -1.93. The quantitative estimate of drug-likeness (QED) is 0.332. The van der Waals surface area contributed by atoms with Gasteiger partial charge in [-0.15, -0.1) is 0 Å². The molecule has 2 saturated heterocycles. The van der Waals surface area contributed by atoms with E-state index in [-0.39, 0.29) is 24.8 Å². The normalized spacial score (nSPS) is 21.6. The number of rotatable bonds is 7. The number of halogens is 3. The van der Waals surface area contributed by atoms with Crippen LogP contribution in [0.3, 0.4) is 0 Å². The van der Waals surface area contributed by atoms with Gasteiger partial charge < -0.3 is 31.5 Å². The van der Waals surface area contributed by atoms with Gasteiger partial charge in [-0.1, -0.05) is 0 Å². The molecular weight excluding hydrogens is 429 g/mol. The van der Waals surface area contributed by atoms with Gasteiger partial charge in [0.25, 0.3) is 0 Å². The van der Waals surface area contributed by atoms with Gasteiger partial charge in [0.05, 0.1) is 6.04 Å². The van der Waals surface area contributed by atoms with E-state index < -0.39 is 42.0 Å². The Morgan fingerprint density at radius 2 is 1.74 bits per heavy atom. The number of amides is 3. The van der Waals surface area contributed by atoms with E-state index in [2.05, 4.69) is 10.6 Å². The van der Waals surface area contributed by atoms with Crippen LogP contribution < -0.4 is 16.4 Å². The number of nitrogens with zero attached hydrogens (tertiary/aromatic N) is 1. The maximum Gasteiger partial charge on any atom is 0.490 e. The number of carbonyl (C=O) groups is 5. The van der Waals surface area contributed by atoms with E-state index in [0.29, 0.717) is 19.4 Å². The minimum absolute atomic E-state index is 0.0682. The third kappa shape index (κ3) is 8.39. The van der Waals surface area contributed by atoms with Gasteiger partial charge >= 0.3 is 18.1 Å². The van der Waals surface area contributed by atoms with Gasteiger partial charge in [-0.25, -0.2) is 4.79 Å². The van der Waals surface area contributed by atoms with Crippen LogP contribution in [-0.4, -0.2) is 82.2 Å². The Hall–Kier alpha value is -2.90. The largest absolute Gasteiger partial charge is 0.490 e. The van der Waals surface area contributed by atoms with E-state index in [9.17, 15) is 32.3 Å². The van der Waals surface area contributed by atoms with Crippen LogP contribution >= 0.6 is 0 Å². The first-order chi connectivity index (χ1) is 14.3. The predicted octanol–water partition coefficient (Wildman–Crippen LogP) is -0.802. The number of hydrogen-bond donors (Lipinski definition) is 5. The Kier molecular flexibility index (Phi) is 9.68. The number of likely N-dealkylation sites (tertiary alicyclic amines) is 1.